The van der Waals surface area contributed by atoms with Crippen LogP contribution in [0.4, 0.5) is 16.4 Å². The van der Waals surface area contributed by atoms with Gasteiger partial charge in [0.25, 0.3) is 0 Å². The minimum absolute atomic E-state index is 0.00435. The van der Waals surface area contributed by atoms with Crippen molar-refractivity contribution in [1.82, 2.24) is 19.9 Å². The molecule has 2 N–H and O–H groups in total. The molecule has 204 valence electrons. The number of aliphatic hydroxyl groups excluding tert-OH is 1. The summed E-state index contributed by atoms with van der Waals surface area (Å²) in [4.78, 5) is 29.4. The molecule has 1 aromatic heterocycles. The van der Waals surface area contributed by atoms with Crippen LogP contribution in [-0.2, 0) is 11.2 Å². The van der Waals surface area contributed by atoms with Crippen molar-refractivity contribution in [1.29, 1.82) is 0 Å². The summed E-state index contributed by atoms with van der Waals surface area (Å²) < 4.78 is 5.49. The summed E-state index contributed by atoms with van der Waals surface area (Å²) >= 11 is 6.18. The van der Waals surface area contributed by atoms with Crippen molar-refractivity contribution >= 4 is 29.3 Å². The maximum absolute atomic E-state index is 12.3. The van der Waals surface area contributed by atoms with E-state index in [2.05, 4.69) is 70.2 Å². The molecular weight excluding hydrogens is 492 g/mol. The van der Waals surface area contributed by atoms with E-state index in [9.17, 15) is 9.90 Å². The third-order valence-electron chi connectivity index (χ3n) is 6.21. The first kappa shape index (κ1) is 28.9. The highest BCUT2D eigenvalue weighted by Gasteiger charge is 2.26. The zero-order chi connectivity index (χ0) is 27.2. The fourth-order valence-electron chi connectivity index (χ4n) is 4.36. The quantitative estimate of drug-likeness (QED) is 0.477. The Morgan fingerprint density at radius 3 is 2.30 bits per heavy atom. The number of amides is 1. The smallest absolute Gasteiger partial charge is 0.410 e. The fraction of sp³-hybridized carbons (Fsp3) is 0.630. The molecule has 0 saturated carbocycles. The van der Waals surface area contributed by atoms with Crippen LogP contribution >= 0.6 is 11.6 Å². The number of piperazine rings is 1. The van der Waals surface area contributed by atoms with E-state index >= 15 is 0 Å². The van der Waals surface area contributed by atoms with Crippen LogP contribution in [0.25, 0.3) is 0 Å². The Balaban J connectivity index is 1.58. The van der Waals surface area contributed by atoms with Gasteiger partial charge in [-0.15, -0.1) is 0 Å². The van der Waals surface area contributed by atoms with Crippen LogP contribution in [0.1, 0.15) is 65.3 Å². The molecule has 0 aliphatic carbocycles. The van der Waals surface area contributed by atoms with Crippen LogP contribution in [0.2, 0.25) is 5.28 Å². The van der Waals surface area contributed by atoms with Gasteiger partial charge in [0.15, 0.2) is 0 Å². The van der Waals surface area contributed by atoms with E-state index in [4.69, 9.17) is 16.3 Å². The van der Waals surface area contributed by atoms with E-state index in [-0.39, 0.29) is 29.9 Å². The number of aromatic nitrogens is 3. The number of carbonyl (C=O) groups excluding carboxylic acids is 1. The van der Waals surface area contributed by atoms with Crippen LogP contribution < -0.4 is 10.2 Å². The summed E-state index contributed by atoms with van der Waals surface area (Å²) in [5, 5.41) is 13.0. The molecule has 2 heterocycles. The average molecular weight is 533 g/mol. The summed E-state index contributed by atoms with van der Waals surface area (Å²) in [6.45, 7) is 14.8. The topological polar surface area (TPSA) is 104 Å². The van der Waals surface area contributed by atoms with Gasteiger partial charge in [0.05, 0.1) is 12.6 Å². The summed E-state index contributed by atoms with van der Waals surface area (Å²) in [5.41, 5.74) is 1.83. The number of nitrogens with one attached hydrogen (secondary N) is 1. The molecule has 0 radical (unpaired) electrons. The van der Waals surface area contributed by atoms with Crippen molar-refractivity contribution in [2.24, 2.45) is 5.92 Å². The second-order valence-electron chi connectivity index (χ2n) is 11.1. The van der Waals surface area contributed by atoms with Crippen molar-refractivity contribution in [3.63, 3.8) is 0 Å². The van der Waals surface area contributed by atoms with Gasteiger partial charge in [-0.05, 0) is 68.3 Å². The van der Waals surface area contributed by atoms with Crippen molar-refractivity contribution in [3.05, 3.63) is 40.9 Å². The molecule has 9 nitrogen and oxygen atoms in total. The fourth-order valence-corrected chi connectivity index (χ4v) is 4.53. The normalized spacial score (nSPS) is 16.0. The number of ether oxygens (including phenoxy) is 1. The number of rotatable bonds is 9. The molecule has 1 aliphatic rings. The Hall–Kier alpha value is -2.65. The molecule has 1 aromatic carbocycles. The Morgan fingerprint density at radius 2 is 1.73 bits per heavy atom. The van der Waals surface area contributed by atoms with Crippen molar-refractivity contribution in [3.8, 4) is 0 Å². The van der Waals surface area contributed by atoms with E-state index in [1.807, 2.05) is 20.8 Å². The number of nitrogens with zero attached hydrogens (tertiary/aromatic N) is 5. The number of hydrogen-bond donors (Lipinski definition) is 2. The van der Waals surface area contributed by atoms with Gasteiger partial charge >= 0.3 is 6.09 Å². The monoisotopic (exact) mass is 532 g/mol. The van der Waals surface area contributed by atoms with Gasteiger partial charge in [0.1, 0.15) is 11.4 Å². The van der Waals surface area contributed by atoms with Gasteiger partial charge in [-0.2, -0.15) is 9.97 Å². The molecule has 1 aliphatic heterocycles. The zero-order valence-corrected chi connectivity index (χ0v) is 23.6. The van der Waals surface area contributed by atoms with E-state index in [0.717, 1.165) is 25.2 Å². The van der Waals surface area contributed by atoms with Gasteiger partial charge in [0, 0.05) is 38.3 Å². The second kappa shape index (κ2) is 12.7. The van der Waals surface area contributed by atoms with Crippen LogP contribution in [0.3, 0.4) is 0 Å². The minimum Gasteiger partial charge on any atom is -0.444 e. The third kappa shape index (κ3) is 9.00. The lowest BCUT2D eigenvalue weighted by molar-refractivity contribution is 0.0240. The van der Waals surface area contributed by atoms with E-state index < -0.39 is 5.60 Å². The molecule has 37 heavy (non-hydrogen) atoms. The van der Waals surface area contributed by atoms with Crippen LogP contribution in [0.5, 0.6) is 0 Å². The number of anilines is 2. The number of aliphatic hydroxyl groups is 1. The Bertz CT molecular complexity index is 1020. The molecule has 1 amide bonds. The average Bonchev–Trinajstić information content (AvgIpc) is 2.82. The molecule has 2 aromatic rings. The Labute approximate surface area is 225 Å². The van der Waals surface area contributed by atoms with Gasteiger partial charge in [-0.25, -0.2) is 9.78 Å². The highest BCUT2D eigenvalue weighted by molar-refractivity contribution is 6.28. The zero-order valence-electron chi connectivity index (χ0n) is 22.9. The predicted molar refractivity (Wildman–Crippen MR) is 147 cm³/mol. The number of benzene rings is 1. The van der Waals surface area contributed by atoms with Crippen molar-refractivity contribution < 1.29 is 14.6 Å². The molecule has 1 saturated heterocycles. The number of halogens is 1. The number of hydrogen-bond acceptors (Lipinski definition) is 8. The van der Waals surface area contributed by atoms with Crippen molar-refractivity contribution in [2.75, 3.05) is 43.0 Å². The molecule has 0 bridgehead atoms. The molecule has 1 unspecified atom stereocenters. The third-order valence-corrected chi connectivity index (χ3v) is 6.38. The predicted octanol–water partition coefficient (Wildman–Crippen LogP) is 4.75. The first-order valence-corrected chi connectivity index (χ1v) is 13.4. The largest absolute Gasteiger partial charge is 0.444 e. The summed E-state index contributed by atoms with van der Waals surface area (Å²) in [6, 6.07) is 8.38. The summed E-state index contributed by atoms with van der Waals surface area (Å²) in [6.07, 6.45) is 1.16. The van der Waals surface area contributed by atoms with Crippen LogP contribution in [-0.4, -0.2) is 75.5 Å². The second-order valence-corrected chi connectivity index (χ2v) is 11.5. The maximum atomic E-state index is 12.3. The lowest BCUT2D eigenvalue weighted by Crippen LogP contribution is -2.50. The molecule has 1 fully saturated rings. The van der Waals surface area contributed by atoms with Gasteiger partial charge in [-0.3, -0.25) is 0 Å². The number of carbonyl (C=O) groups is 1. The first-order valence-electron chi connectivity index (χ1n) is 13.0. The molecule has 3 rings (SSSR count). The van der Waals surface area contributed by atoms with Gasteiger partial charge in [0.2, 0.25) is 11.2 Å². The van der Waals surface area contributed by atoms with E-state index in [1.165, 1.54) is 5.56 Å². The van der Waals surface area contributed by atoms with E-state index in [1.54, 1.807) is 4.90 Å². The first-order chi connectivity index (χ1) is 17.4. The maximum Gasteiger partial charge on any atom is 0.410 e. The Morgan fingerprint density at radius 1 is 1.08 bits per heavy atom. The minimum atomic E-state index is -0.485. The van der Waals surface area contributed by atoms with Crippen LogP contribution in [0.15, 0.2) is 24.3 Å². The van der Waals surface area contributed by atoms with E-state index in [0.29, 0.717) is 37.2 Å². The lowest BCUT2D eigenvalue weighted by atomic mass is 9.97. The highest BCUT2D eigenvalue weighted by Crippen LogP contribution is 2.25. The van der Waals surface area contributed by atoms with Gasteiger partial charge < -0.3 is 25.0 Å². The highest BCUT2D eigenvalue weighted by atomic mass is 35.5. The Kier molecular flexibility index (Phi) is 9.95. The lowest BCUT2D eigenvalue weighted by Gasteiger charge is -2.36. The summed E-state index contributed by atoms with van der Waals surface area (Å²) in [5.74, 6) is 1.60. The SMILES string of the molecule is CC(C)C[C@H](CO)Nc1nc(Cl)nc(CC(C)c2ccc(N3CCN(C(=O)OC(C)(C)C)CC3)cc2)n1. The molecule has 2 atom stereocenters. The molecular formula is C27H41ClN6O3. The van der Waals surface area contributed by atoms with Crippen LogP contribution in [0, 0.1) is 5.92 Å². The standard InChI is InChI=1S/C27H41ClN6O3/c1-18(2)15-21(17-35)29-25-31-23(30-24(28)32-25)16-19(3)20-7-9-22(10-8-20)33-11-13-34(14-12-33)26(36)37-27(4,5)6/h7-10,18-19,21,35H,11-17H2,1-6H3,(H,29,30,31,32)/t19?,21-/m1/s1. The van der Waals surface area contributed by atoms with Crippen molar-refractivity contribution in [2.45, 2.75) is 71.9 Å². The van der Waals surface area contributed by atoms with Gasteiger partial charge in [-0.1, -0.05) is 32.9 Å². The summed E-state index contributed by atoms with van der Waals surface area (Å²) in [7, 11) is 0. The molecule has 0 spiro atoms. The molecule has 10 heteroatoms.